The Bertz CT molecular complexity index is 1180. The Balaban J connectivity index is 1.37. The van der Waals surface area contributed by atoms with Crippen molar-refractivity contribution in [3.8, 4) is 5.88 Å². The SMILES string of the molecule is Cc1c(C(=O)NCc2cccnc2OC2CCCC2)sc2nc3n(c(=O)c12)CCC3. The number of ether oxygens (including phenoxy) is 1. The highest BCUT2D eigenvalue weighted by Crippen LogP contribution is 2.29. The lowest BCUT2D eigenvalue weighted by Gasteiger charge is -2.15. The maximum Gasteiger partial charge on any atom is 0.262 e. The predicted octanol–water partition coefficient (Wildman–Crippen LogP) is 3.36. The molecule has 5 rings (SSSR count). The molecule has 1 aliphatic heterocycles. The third kappa shape index (κ3) is 3.39. The minimum atomic E-state index is -0.198. The highest BCUT2D eigenvalue weighted by molar-refractivity contribution is 7.20. The Morgan fingerprint density at radius 3 is 3.00 bits per heavy atom. The molecule has 4 heterocycles. The third-order valence-electron chi connectivity index (χ3n) is 5.99. The number of pyridine rings is 1. The number of amides is 1. The van der Waals surface area contributed by atoms with Gasteiger partial charge in [-0.1, -0.05) is 6.07 Å². The number of nitrogens with zero attached hydrogens (tertiary/aromatic N) is 3. The van der Waals surface area contributed by atoms with E-state index in [4.69, 9.17) is 4.74 Å². The van der Waals surface area contributed by atoms with Crippen molar-refractivity contribution in [3.05, 3.63) is 50.5 Å². The number of aromatic nitrogens is 3. The Morgan fingerprint density at radius 1 is 1.33 bits per heavy atom. The van der Waals surface area contributed by atoms with Gasteiger partial charge >= 0.3 is 0 Å². The topological polar surface area (TPSA) is 86.1 Å². The van der Waals surface area contributed by atoms with Gasteiger partial charge in [0.05, 0.1) is 10.3 Å². The molecule has 0 atom stereocenters. The van der Waals surface area contributed by atoms with Crippen LogP contribution in [0.2, 0.25) is 0 Å². The van der Waals surface area contributed by atoms with E-state index in [-0.39, 0.29) is 17.6 Å². The van der Waals surface area contributed by atoms with E-state index >= 15 is 0 Å². The van der Waals surface area contributed by atoms with E-state index in [0.29, 0.717) is 39.6 Å². The van der Waals surface area contributed by atoms with Gasteiger partial charge in [0.1, 0.15) is 16.8 Å². The van der Waals surface area contributed by atoms with Crippen molar-refractivity contribution in [1.82, 2.24) is 19.9 Å². The summed E-state index contributed by atoms with van der Waals surface area (Å²) in [4.78, 5) is 36.0. The van der Waals surface area contributed by atoms with Gasteiger partial charge in [0.15, 0.2) is 0 Å². The zero-order chi connectivity index (χ0) is 20.7. The molecule has 0 unspecified atom stereocenters. The van der Waals surface area contributed by atoms with Gasteiger partial charge in [0, 0.05) is 31.3 Å². The maximum atomic E-state index is 12.9. The van der Waals surface area contributed by atoms with Crippen molar-refractivity contribution in [3.63, 3.8) is 0 Å². The quantitative estimate of drug-likeness (QED) is 0.679. The third-order valence-corrected chi connectivity index (χ3v) is 7.17. The van der Waals surface area contributed by atoms with Crippen molar-refractivity contribution in [2.75, 3.05) is 0 Å². The van der Waals surface area contributed by atoms with Crippen LogP contribution in [0, 0.1) is 6.92 Å². The summed E-state index contributed by atoms with van der Waals surface area (Å²) in [7, 11) is 0. The number of thiophene rings is 1. The highest BCUT2D eigenvalue weighted by atomic mass is 32.1. The first-order chi connectivity index (χ1) is 14.6. The van der Waals surface area contributed by atoms with E-state index in [1.54, 1.807) is 10.8 Å². The van der Waals surface area contributed by atoms with Crippen molar-refractivity contribution >= 4 is 27.5 Å². The molecule has 1 amide bonds. The summed E-state index contributed by atoms with van der Waals surface area (Å²) in [6.07, 6.45) is 8.16. The zero-order valence-electron chi connectivity index (χ0n) is 16.9. The molecule has 3 aromatic rings. The van der Waals surface area contributed by atoms with Crippen molar-refractivity contribution in [1.29, 1.82) is 0 Å². The van der Waals surface area contributed by atoms with E-state index in [1.807, 2.05) is 19.1 Å². The number of carbonyl (C=O) groups excluding carboxylic acids is 1. The fourth-order valence-electron chi connectivity index (χ4n) is 4.38. The summed E-state index contributed by atoms with van der Waals surface area (Å²) < 4.78 is 7.81. The Morgan fingerprint density at radius 2 is 2.17 bits per heavy atom. The number of rotatable bonds is 5. The molecule has 3 aromatic heterocycles. The molecule has 7 nitrogen and oxygen atoms in total. The largest absolute Gasteiger partial charge is 0.474 e. The molecule has 1 saturated carbocycles. The van der Waals surface area contributed by atoms with Gasteiger partial charge in [-0.3, -0.25) is 14.2 Å². The minimum Gasteiger partial charge on any atom is -0.474 e. The molecular weight excluding hydrogens is 400 g/mol. The Labute approximate surface area is 178 Å². The normalized spacial score (nSPS) is 16.2. The number of carbonyl (C=O) groups is 1. The summed E-state index contributed by atoms with van der Waals surface area (Å²) in [5.41, 5.74) is 1.54. The number of hydrogen-bond donors (Lipinski definition) is 1. The first-order valence-electron chi connectivity index (χ1n) is 10.5. The predicted molar refractivity (Wildman–Crippen MR) is 115 cm³/mol. The molecule has 0 spiro atoms. The molecule has 0 aromatic carbocycles. The summed E-state index contributed by atoms with van der Waals surface area (Å²) >= 11 is 1.29. The fraction of sp³-hybridized carbons (Fsp3) is 0.455. The smallest absolute Gasteiger partial charge is 0.262 e. The van der Waals surface area contributed by atoms with Gasteiger partial charge in [0.2, 0.25) is 5.88 Å². The summed E-state index contributed by atoms with van der Waals surface area (Å²) in [6, 6.07) is 3.77. The maximum absolute atomic E-state index is 12.9. The van der Waals surface area contributed by atoms with E-state index in [2.05, 4.69) is 15.3 Å². The second-order valence-electron chi connectivity index (χ2n) is 8.00. The summed E-state index contributed by atoms with van der Waals surface area (Å²) in [6.45, 7) is 2.86. The standard InChI is InChI=1S/C22H24N4O3S/c1-13-17-21(25-16-9-5-11-26(16)22(17)28)30-18(13)19(27)24-12-14-6-4-10-23-20(14)29-15-7-2-3-8-15/h4,6,10,15H,2-3,5,7-9,11-12H2,1H3,(H,24,27). The van der Waals surface area contributed by atoms with Crippen molar-refractivity contribution in [2.24, 2.45) is 0 Å². The zero-order valence-corrected chi connectivity index (χ0v) is 17.8. The van der Waals surface area contributed by atoms with Crippen LogP contribution in [0.1, 0.15) is 58.7 Å². The molecule has 0 saturated heterocycles. The van der Waals surface area contributed by atoms with Gasteiger partial charge in [-0.15, -0.1) is 11.3 Å². The second-order valence-corrected chi connectivity index (χ2v) is 9.00. The van der Waals surface area contributed by atoms with Crippen LogP contribution < -0.4 is 15.6 Å². The lowest BCUT2D eigenvalue weighted by molar-refractivity contribution is 0.0954. The molecule has 30 heavy (non-hydrogen) atoms. The molecule has 8 heteroatoms. The Hall–Kier alpha value is -2.74. The first-order valence-corrected chi connectivity index (χ1v) is 11.3. The van der Waals surface area contributed by atoms with Gasteiger partial charge in [-0.05, 0) is 50.7 Å². The van der Waals surface area contributed by atoms with Crippen LogP contribution in [0.4, 0.5) is 0 Å². The van der Waals surface area contributed by atoms with Crippen LogP contribution in [-0.4, -0.2) is 26.5 Å². The number of fused-ring (bicyclic) bond motifs is 2. The van der Waals surface area contributed by atoms with Crippen LogP contribution in [0.3, 0.4) is 0 Å². The lowest BCUT2D eigenvalue weighted by atomic mass is 10.2. The molecule has 156 valence electrons. The fourth-order valence-corrected chi connectivity index (χ4v) is 5.48. The molecule has 1 N–H and O–H groups in total. The molecule has 2 aliphatic rings. The van der Waals surface area contributed by atoms with E-state index in [1.165, 1.54) is 24.2 Å². The molecule has 1 aliphatic carbocycles. The highest BCUT2D eigenvalue weighted by Gasteiger charge is 2.24. The first kappa shape index (κ1) is 19.2. The molecule has 0 bridgehead atoms. The van der Waals surface area contributed by atoms with Gasteiger partial charge in [-0.25, -0.2) is 9.97 Å². The van der Waals surface area contributed by atoms with Crippen LogP contribution in [0.5, 0.6) is 5.88 Å². The van der Waals surface area contributed by atoms with Gasteiger partial charge in [0.25, 0.3) is 11.5 Å². The number of aryl methyl sites for hydroxylation is 2. The van der Waals surface area contributed by atoms with Gasteiger partial charge in [-0.2, -0.15) is 0 Å². The number of hydrogen-bond acceptors (Lipinski definition) is 6. The van der Waals surface area contributed by atoms with Crippen molar-refractivity contribution in [2.45, 2.75) is 64.6 Å². The van der Waals surface area contributed by atoms with E-state index in [9.17, 15) is 9.59 Å². The van der Waals surface area contributed by atoms with Crippen LogP contribution >= 0.6 is 11.3 Å². The monoisotopic (exact) mass is 424 g/mol. The molecule has 1 fully saturated rings. The van der Waals surface area contributed by atoms with Gasteiger partial charge < -0.3 is 10.1 Å². The van der Waals surface area contributed by atoms with E-state index in [0.717, 1.165) is 37.1 Å². The lowest BCUT2D eigenvalue weighted by Crippen LogP contribution is -2.24. The average Bonchev–Trinajstić information content (AvgIpc) is 3.48. The van der Waals surface area contributed by atoms with E-state index < -0.39 is 0 Å². The Kier molecular flexibility index (Phi) is 5.02. The van der Waals surface area contributed by atoms with Crippen LogP contribution in [0.15, 0.2) is 23.1 Å². The molecule has 0 radical (unpaired) electrons. The second kappa shape index (κ2) is 7.83. The molecular formula is C22H24N4O3S. The number of nitrogens with one attached hydrogen (secondary N) is 1. The summed E-state index contributed by atoms with van der Waals surface area (Å²) in [5.74, 6) is 1.22. The average molecular weight is 425 g/mol. The van der Waals surface area contributed by atoms with Crippen LogP contribution in [0.25, 0.3) is 10.2 Å². The summed E-state index contributed by atoms with van der Waals surface area (Å²) in [5, 5.41) is 3.55. The van der Waals surface area contributed by atoms with Crippen molar-refractivity contribution < 1.29 is 9.53 Å². The van der Waals surface area contributed by atoms with Crippen LogP contribution in [-0.2, 0) is 19.5 Å². The minimum absolute atomic E-state index is 0.0280.